The minimum Gasteiger partial charge on any atom is -0.497 e. The van der Waals surface area contributed by atoms with Gasteiger partial charge >= 0.3 is 0 Å². The molecule has 4 heteroatoms. The number of ether oxygens (including phenoxy) is 1. The Balaban J connectivity index is 2.58. The molecule has 0 heterocycles. The summed E-state index contributed by atoms with van der Waals surface area (Å²) in [5.41, 5.74) is 2.21. The van der Waals surface area contributed by atoms with Gasteiger partial charge in [-0.15, -0.1) is 0 Å². The van der Waals surface area contributed by atoms with Crippen molar-refractivity contribution in [2.24, 2.45) is 0 Å². The first-order chi connectivity index (χ1) is 9.99. The fourth-order valence-corrected chi connectivity index (χ4v) is 2.50. The van der Waals surface area contributed by atoms with Gasteiger partial charge in [0.1, 0.15) is 17.4 Å². The summed E-state index contributed by atoms with van der Waals surface area (Å²) >= 11 is 0. The van der Waals surface area contributed by atoms with Crippen LogP contribution in [0.15, 0.2) is 30.3 Å². The molecule has 2 rings (SSSR count). The smallest absolute Gasteiger partial charge is 0.134 e. The maximum absolute atomic E-state index is 14.4. The van der Waals surface area contributed by atoms with Gasteiger partial charge in [0.15, 0.2) is 0 Å². The first-order valence-electron chi connectivity index (χ1n) is 6.76. The Labute approximate surface area is 123 Å². The molecule has 0 amide bonds. The van der Waals surface area contributed by atoms with Crippen LogP contribution in [0.4, 0.5) is 8.78 Å². The van der Waals surface area contributed by atoms with E-state index in [-0.39, 0.29) is 5.56 Å². The quantitative estimate of drug-likeness (QED) is 0.922. The van der Waals surface area contributed by atoms with Crippen molar-refractivity contribution in [3.05, 3.63) is 64.2 Å². The van der Waals surface area contributed by atoms with Crippen LogP contribution in [-0.4, -0.2) is 14.2 Å². The topological polar surface area (TPSA) is 21.3 Å². The summed E-state index contributed by atoms with van der Waals surface area (Å²) < 4.78 is 33.7. The number of aryl methyl sites for hydroxylation is 2. The summed E-state index contributed by atoms with van der Waals surface area (Å²) in [5, 5.41) is 3.00. The SMILES string of the molecule is CNC(c1ccc(OC)cc1C)c1c(F)ccc(C)c1F. The molecule has 2 nitrogen and oxygen atoms in total. The fraction of sp³-hybridized carbons (Fsp3) is 0.294. The van der Waals surface area contributed by atoms with Gasteiger partial charge in [0.2, 0.25) is 0 Å². The molecule has 0 aromatic heterocycles. The highest BCUT2D eigenvalue weighted by molar-refractivity contribution is 5.43. The van der Waals surface area contributed by atoms with E-state index < -0.39 is 17.7 Å². The molecule has 0 saturated heterocycles. The molecule has 1 unspecified atom stereocenters. The van der Waals surface area contributed by atoms with Gasteiger partial charge in [-0.2, -0.15) is 0 Å². The number of benzene rings is 2. The third-order valence-corrected chi connectivity index (χ3v) is 3.68. The number of hydrogen-bond donors (Lipinski definition) is 1. The Kier molecular flexibility index (Phi) is 4.58. The number of rotatable bonds is 4. The van der Waals surface area contributed by atoms with E-state index >= 15 is 0 Å². The molecule has 0 aliphatic carbocycles. The molecule has 2 aromatic carbocycles. The molecule has 112 valence electrons. The van der Waals surface area contributed by atoms with E-state index in [0.717, 1.165) is 16.9 Å². The van der Waals surface area contributed by atoms with Crippen LogP contribution in [0.1, 0.15) is 28.3 Å². The maximum atomic E-state index is 14.4. The van der Waals surface area contributed by atoms with Crippen LogP contribution < -0.4 is 10.1 Å². The number of hydrogen-bond acceptors (Lipinski definition) is 2. The zero-order chi connectivity index (χ0) is 15.6. The first kappa shape index (κ1) is 15.4. The lowest BCUT2D eigenvalue weighted by Gasteiger charge is -2.21. The van der Waals surface area contributed by atoms with Gasteiger partial charge in [0, 0.05) is 5.56 Å². The molecule has 0 radical (unpaired) electrons. The van der Waals surface area contributed by atoms with Gasteiger partial charge in [0.25, 0.3) is 0 Å². The van der Waals surface area contributed by atoms with E-state index in [1.165, 1.54) is 12.1 Å². The van der Waals surface area contributed by atoms with E-state index in [1.54, 1.807) is 27.1 Å². The highest BCUT2D eigenvalue weighted by Gasteiger charge is 2.23. The molecule has 0 fully saturated rings. The summed E-state index contributed by atoms with van der Waals surface area (Å²) in [6, 6.07) is 7.68. The zero-order valence-corrected chi connectivity index (χ0v) is 12.6. The second-order valence-corrected chi connectivity index (χ2v) is 5.04. The number of methoxy groups -OCH3 is 1. The lowest BCUT2D eigenvalue weighted by atomic mass is 9.93. The van der Waals surface area contributed by atoms with Crippen LogP contribution in [0.3, 0.4) is 0 Å². The van der Waals surface area contributed by atoms with Gasteiger partial charge in [-0.1, -0.05) is 12.1 Å². The summed E-state index contributed by atoms with van der Waals surface area (Å²) in [6.45, 7) is 3.53. The Morgan fingerprint density at radius 3 is 2.33 bits per heavy atom. The van der Waals surface area contributed by atoms with Crippen LogP contribution >= 0.6 is 0 Å². The second-order valence-electron chi connectivity index (χ2n) is 5.04. The molecule has 1 N–H and O–H groups in total. The van der Waals surface area contributed by atoms with Gasteiger partial charge in [-0.25, -0.2) is 8.78 Å². The van der Waals surface area contributed by atoms with Crippen molar-refractivity contribution in [1.29, 1.82) is 0 Å². The van der Waals surface area contributed by atoms with Crippen molar-refractivity contribution >= 4 is 0 Å². The molecule has 1 atom stereocenters. The Hall–Kier alpha value is -1.94. The molecular formula is C17H19F2NO. The second kappa shape index (κ2) is 6.22. The predicted octanol–water partition coefficient (Wildman–Crippen LogP) is 3.90. The molecular weight excluding hydrogens is 272 g/mol. The highest BCUT2D eigenvalue weighted by Crippen LogP contribution is 2.31. The molecule has 2 aromatic rings. The molecule has 21 heavy (non-hydrogen) atoms. The summed E-state index contributed by atoms with van der Waals surface area (Å²) in [6.07, 6.45) is 0. The van der Waals surface area contributed by atoms with Crippen molar-refractivity contribution in [1.82, 2.24) is 5.32 Å². The summed E-state index contributed by atoms with van der Waals surface area (Å²) in [7, 11) is 3.28. The third-order valence-electron chi connectivity index (χ3n) is 3.68. The van der Waals surface area contributed by atoms with Crippen LogP contribution in [0.2, 0.25) is 0 Å². The fourth-order valence-electron chi connectivity index (χ4n) is 2.50. The largest absolute Gasteiger partial charge is 0.497 e. The molecule has 0 aliphatic rings. The molecule has 0 bridgehead atoms. The zero-order valence-electron chi connectivity index (χ0n) is 12.6. The lowest BCUT2D eigenvalue weighted by Crippen LogP contribution is -2.21. The first-order valence-corrected chi connectivity index (χ1v) is 6.76. The number of nitrogens with one attached hydrogen (secondary N) is 1. The Bertz CT molecular complexity index is 655. The summed E-state index contributed by atoms with van der Waals surface area (Å²) in [5.74, 6) is -0.339. The monoisotopic (exact) mass is 291 g/mol. The van der Waals surface area contributed by atoms with Crippen LogP contribution in [0.5, 0.6) is 5.75 Å². The molecule has 0 saturated carbocycles. The average molecular weight is 291 g/mol. The van der Waals surface area contributed by atoms with Crippen molar-refractivity contribution in [3.63, 3.8) is 0 Å². The Morgan fingerprint density at radius 1 is 1.05 bits per heavy atom. The Morgan fingerprint density at radius 2 is 1.76 bits per heavy atom. The molecule has 0 aliphatic heterocycles. The average Bonchev–Trinajstić information content (AvgIpc) is 2.48. The van der Waals surface area contributed by atoms with Crippen molar-refractivity contribution < 1.29 is 13.5 Å². The van der Waals surface area contributed by atoms with Gasteiger partial charge < -0.3 is 10.1 Å². The van der Waals surface area contributed by atoms with Gasteiger partial charge in [-0.05, 0) is 55.8 Å². The van der Waals surface area contributed by atoms with Crippen molar-refractivity contribution in [2.45, 2.75) is 19.9 Å². The van der Waals surface area contributed by atoms with Crippen molar-refractivity contribution in [3.8, 4) is 5.75 Å². The highest BCUT2D eigenvalue weighted by atomic mass is 19.1. The normalized spacial score (nSPS) is 12.3. The van der Waals surface area contributed by atoms with E-state index in [4.69, 9.17) is 4.74 Å². The van der Waals surface area contributed by atoms with Crippen molar-refractivity contribution in [2.75, 3.05) is 14.2 Å². The predicted molar refractivity (Wildman–Crippen MR) is 79.7 cm³/mol. The minimum atomic E-state index is -0.548. The van der Waals surface area contributed by atoms with Gasteiger partial charge in [-0.3, -0.25) is 0 Å². The van der Waals surface area contributed by atoms with E-state index in [2.05, 4.69) is 5.32 Å². The van der Waals surface area contributed by atoms with E-state index in [1.807, 2.05) is 19.1 Å². The minimum absolute atomic E-state index is 0.0470. The van der Waals surface area contributed by atoms with Gasteiger partial charge in [0.05, 0.1) is 13.2 Å². The third kappa shape index (κ3) is 2.90. The van der Waals surface area contributed by atoms with Crippen LogP contribution in [-0.2, 0) is 0 Å². The lowest BCUT2D eigenvalue weighted by molar-refractivity contribution is 0.414. The van der Waals surface area contributed by atoms with E-state index in [0.29, 0.717) is 5.56 Å². The van der Waals surface area contributed by atoms with Crippen LogP contribution in [0.25, 0.3) is 0 Å². The molecule has 0 spiro atoms. The maximum Gasteiger partial charge on any atom is 0.134 e. The standard InChI is InChI=1S/C17H19F2NO/c1-10-5-8-14(18)15(16(10)19)17(20-3)13-7-6-12(21-4)9-11(13)2/h5-9,17,20H,1-4H3. The van der Waals surface area contributed by atoms with Crippen LogP contribution in [0, 0.1) is 25.5 Å². The van der Waals surface area contributed by atoms with E-state index in [9.17, 15) is 8.78 Å². The summed E-state index contributed by atoms with van der Waals surface area (Å²) in [4.78, 5) is 0. The number of halogens is 2.